The van der Waals surface area contributed by atoms with E-state index in [9.17, 15) is 5.11 Å². The Morgan fingerprint density at radius 1 is 1.29 bits per heavy atom. The topological polar surface area (TPSA) is 87.4 Å². The van der Waals surface area contributed by atoms with Gasteiger partial charge in [0.2, 0.25) is 0 Å². The van der Waals surface area contributed by atoms with Gasteiger partial charge in [-0.3, -0.25) is 0 Å². The molecule has 0 saturated heterocycles. The summed E-state index contributed by atoms with van der Waals surface area (Å²) in [7, 11) is 1.88. The minimum atomic E-state index is -0.984. The molecule has 1 aromatic carbocycles. The second-order valence-electron chi connectivity index (χ2n) is 5.55. The summed E-state index contributed by atoms with van der Waals surface area (Å²) in [6.45, 7) is 5.27. The SMILES string of the molecule is CCNC(=NCc1nncn1C)NCC(C)(O)c1ccccc1.I. The zero-order valence-corrected chi connectivity index (χ0v) is 16.6. The number of hydrogen-bond acceptors (Lipinski definition) is 4. The van der Waals surface area contributed by atoms with Gasteiger partial charge in [0.05, 0.1) is 6.54 Å². The molecule has 1 unspecified atom stereocenters. The van der Waals surface area contributed by atoms with E-state index in [0.29, 0.717) is 19.0 Å². The summed E-state index contributed by atoms with van der Waals surface area (Å²) < 4.78 is 1.83. The maximum Gasteiger partial charge on any atom is 0.191 e. The number of guanidine groups is 1. The van der Waals surface area contributed by atoms with Gasteiger partial charge in [0, 0.05) is 13.6 Å². The third kappa shape index (κ3) is 5.75. The molecule has 132 valence electrons. The quantitative estimate of drug-likeness (QED) is 0.356. The Balaban J connectivity index is 0.00000288. The second kappa shape index (κ2) is 9.58. The van der Waals surface area contributed by atoms with Crippen molar-refractivity contribution >= 4 is 29.9 Å². The van der Waals surface area contributed by atoms with Crippen LogP contribution in [0.15, 0.2) is 41.7 Å². The molecule has 0 amide bonds. The molecule has 1 heterocycles. The standard InChI is InChI=1S/C16H24N6O.HI/c1-4-17-15(18-10-14-21-20-12-22(14)3)19-11-16(2,23)13-8-6-5-7-9-13;/h5-9,12,23H,4,10-11H2,1-3H3,(H2,17,18,19);1H. The molecule has 0 radical (unpaired) electrons. The number of hydrogen-bond donors (Lipinski definition) is 3. The molecular formula is C16H25IN6O. The van der Waals surface area contributed by atoms with Crippen molar-refractivity contribution < 1.29 is 5.11 Å². The Morgan fingerprint density at radius 3 is 2.58 bits per heavy atom. The van der Waals surface area contributed by atoms with Gasteiger partial charge < -0.3 is 20.3 Å². The van der Waals surface area contributed by atoms with Crippen molar-refractivity contribution in [3.63, 3.8) is 0 Å². The molecule has 0 fully saturated rings. The fourth-order valence-electron chi connectivity index (χ4n) is 2.10. The minimum Gasteiger partial charge on any atom is -0.384 e. The summed E-state index contributed by atoms with van der Waals surface area (Å²) in [5, 5.41) is 24.8. The molecule has 24 heavy (non-hydrogen) atoms. The first-order chi connectivity index (χ1) is 11.0. The number of halogens is 1. The summed E-state index contributed by atoms with van der Waals surface area (Å²) >= 11 is 0. The van der Waals surface area contributed by atoms with Crippen molar-refractivity contribution in [1.82, 2.24) is 25.4 Å². The summed E-state index contributed by atoms with van der Waals surface area (Å²) in [6, 6.07) is 9.57. The predicted octanol–water partition coefficient (Wildman–Crippen LogP) is 1.40. The molecule has 2 rings (SSSR count). The molecule has 0 aliphatic heterocycles. The number of aliphatic imine (C=N–C) groups is 1. The van der Waals surface area contributed by atoms with Crippen LogP contribution in [0.25, 0.3) is 0 Å². The smallest absolute Gasteiger partial charge is 0.191 e. The summed E-state index contributed by atoms with van der Waals surface area (Å²) in [6.07, 6.45) is 1.64. The fraction of sp³-hybridized carbons (Fsp3) is 0.438. The zero-order chi connectivity index (χ0) is 16.7. The Hall–Kier alpha value is -1.68. The van der Waals surface area contributed by atoms with Gasteiger partial charge in [0.15, 0.2) is 11.8 Å². The van der Waals surface area contributed by atoms with E-state index in [1.807, 2.05) is 48.9 Å². The number of nitrogens with one attached hydrogen (secondary N) is 2. The monoisotopic (exact) mass is 444 g/mol. The van der Waals surface area contributed by atoms with E-state index in [0.717, 1.165) is 17.9 Å². The molecule has 0 bridgehead atoms. The van der Waals surface area contributed by atoms with Gasteiger partial charge in [-0.25, -0.2) is 4.99 Å². The number of aromatic nitrogens is 3. The normalized spacial score (nSPS) is 13.8. The Labute approximate surface area is 159 Å². The van der Waals surface area contributed by atoms with Crippen molar-refractivity contribution in [3.05, 3.63) is 48.0 Å². The number of aliphatic hydroxyl groups is 1. The Kier molecular flexibility index (Phi) is 8.13. The molecule has 1 aromatic heterocycles. The van der Waals surface area contributed by atoms with E-state index in [4.69, 9.17) is 0 Å². The average molecular weight is 444 g/mol. The van der Waals surface area contributed by atoms with Gasteiger partial charge in [-0.05, 0) is 19.4 Å². The predicted molar refractivity (Wildman–Crippen MR) is 105 cm³/mol. The van der Waals surface area contributed by atoms with Gasteiger partial charge in [0.1, 0.15) is 18.5 Å². The molecule has 7 nitrogen and oxygen atoms in total. The summed E-state index contributed by atoms with van der Waals surface area (Å²) in [4.78, 5) is 4.47. The van der Waals surface area contributed by atoms with E-state index in [-0.39, 0.29) is 24.0 Å². The first kappa shape index (κ1) is 20.4. The summed E-state index contributed by atoms with van der Waals surface area (Å²) in [5.41, 5.74) is -0.126. The Morgan fingerprint density at radius 2 is 2.00 bits per heavy atom. The van der Waals surface area contributed by atoms with Crippen molar-refractivity contribution in [2.45, 2.75) is 26.0 Å². The first-order valence-electron chi connectivity index (χ1n) is 7.66. The lowest BCUT2D eigenvalue weighted by molar-refractivity contribution is 0.0617. The van der Waals surface area contributed by atoms with Gasteiger partial charge in [-0.2, -0.15) is 0 Å². The van der Waals surface area contributed by atoms with E-state index in [2.05, 4.69) is 25.8 Å². The minimum absolute atomic E-state index is 0. The van der Waals surface area contributed by atoms with Gasteiger partial charge in [-0.15, -0.1) is 34.2 Å². The molecule has 0 spiro atoms. The highest BCUT2D eigenvalue weighted by Gasteiger charge is 2.22. The zero-order valence-electron chi connectivity index (χ0n) is 14.2. The second-order valence-corrected chi connectivity index (χ2v) is 5.55. The van der Waals surface area contributed by atoms with Crippen LogP contribution in [0.4, 0.5) is 0 Å². The first-order valence-corrected chi connectivity index (χ1v) is 7.66. The van der Waals surface area contributed by atoms with Crippen LogP contribution in [0.2, 0.25) is 0 Å². The van der Waals surface area contributed by atoms with E-state index in [1.54, 1.807) is 13.3 Å². The highest BCUT2D eigenvalue weighted by molar-refractivity contribution is 14.0. The molecular weight excluding hydrogens is 419 g/mol. The van der Waals surface area contributed by atoms with Gasteiger partial charge in [-0.1, -0.05) is 30.3 Å². The molecule has 2 aromatic rings. The number of rotatable bonds is 6. The molecule has 0 aliphatic rings. The Bertz CT molecular complexity index is 641. The third-order valence-corrected chi connectivity index (χ3v) is 3.52. The van der Waals surface area contributed by atoms with Crippen LogP contribution in [0, 0.1) is 0 Å². The van der Waals surface area contributed by atoms with Crippen LogP contribution in [-0.2, 0) is 19.2 Å². The van der Waals surface area contributed by atoms with Crippen molar-refractivity contribution in [3.8, 4) is 0 Å². The van der Waals surface area contributed by atoms with Crippen LogP contribution in [0.5, 0.6) is 0 Å². The van der Waals surface area contributed by atoms with Gasteiger partial charge in [0.25, 0.3) is 0 Å². The van der Waals surface area contributed by atoms with E-state index < -0.39 is 5.60 Å². The molecule has 3 N–H and O–H groups in total. The lowest BCUT2D eigenvalue weighted by Crippen LogP contribution is -2.44. The lowest BCUT2D eigenvalue weighted by atomic mass is 9.96. The van der Waals surface area contributed by atoms with Crippen LogP contribution in [0.3, 0.4) is 0 Å². The molecule has 0 saturated carbocycles. The molecule has 8 heteroatoms. The van der Waals surface area contributed by atoms with Crippen LogP contribution in [-0.4, -0.2) is 38.9 Å². The van der Waals surface area contributed by atoms with E-state index >= 15 is 0 Å². The van der Waals surface area contributed by atoms with Crippen molar-refractivity contribution in [2.24, 2.45) is 12.0 Å². The maximum atomic E-state index is 10.6. The number of aryl methyl sites for hydroxylation is 1. The van der Waals surface area contributed by atoms with E-state index in [1.165, 1.54) is 0 Å². The van der Waals surface area contributed by atoms with Crippen LogP contribution >= 0.6 is 24.0 Å². The van der Waals surface area contributed by atoms with Crippen LogP contribution < -0.4 is 10.6 Å². The van der Waals surface area contributed by atoms with Crippen molar-refractivity contribution in [1.29, 1.82) is 0 Å². The molecule has 1 atom stereocenters. The number of nitrogens with zero attached hydrogens (tertiary/aromatic N) is 4. The fourth-order valence-corrected chi connectivity index (χ4v) is 2.10. The maximum absolute atomic E-state index is 10.6. The average Bonchev–Trinajstić information content (AvgIpc) is 2.96. The number of benzene rings is 1. The van der Waals surface area contributed by atoms with Crippen LogP contribution in [0.1, 0.15) is 25.2 Å². The highest BCUT2D eigenvalue weighted by atomic mass is 127. The van der Waals surface area contributed by atoms with Gasteiger partial charge >= 0.3 is 0 Å². The third-order valence-electron chi connectivity index (χ3n) is 3.52. The van der Waals surface area contributed by atoms with Crippen molar-refractivity contribution in [2.75, 3.05) is 13.1 Å². The largest absolute Gasteiger partial charge is 0.384 e. The highest BCUT2D eigenvalue weighted by Crippen LogP contribution is 2.18. The summed E-state index contributed by atoms with van der Waals surface area (Å²) in [5.74, 6) is 1.41. The lowest BCUT2D eigenvalue weighted by Gasteiger charge is -2.25. The molecule has 0 aliphatic carbocycles.